The normalized spacial score (nSPS) is 12.4. The van der Waals surface area contributed by atoms with Crippen molar-refractivity contribution in [2.75, 3.05) is 12.8 Å². The lowest BCUT2D eigenvalue weighted by Gasteiger charge is -2.12. The lowest BCUT2D eigenvalue weighted by atomic mass is 10.1. The van der Waals surface area contributed by atoms with Crippen molar-refractivity contribution < 1.29 is 4.74 Å². The molecule has 1 aromatic carbocycles. The number of anilines is 1. The third-order valence-corrected chi connectivity index (χ3v) is 3.15. The molecule has 0 saturated carbocycles. The molecule has 0 spiro atoms. The highest BCUT2D eigenvalue weighted by molar-refractivity contribution is 5.67. The Balaban J connectivity index is 2.43. The first-order valence-corrected chi connectivity index (χ1v) is 6.33. The van der Waals surface area contributed by atoms with Gasteiger partial charge in [0.15, 0.2) is 0 Å². The van der Waals surface area contributed by atoms with Gasteiger partial charge in [-0.1, -0.05) is 30.3 Å². The Hall–Kier alpha value is -1.94. The van der Waals surface area contributed by atoms with Gasteiger partial charge in [0.25, 0.3) is 0 Å². The van der Waals surface area contributed by atoms with Gasteiger partial charge in [-0.25, -0.2) is 9.97 Å². The van der Waals surface area contributed by atoms with Gasteiger partial charge in [0, 0.05) is 24.7 Å². The summed E-state index contributed by atoms with van der Waals surface area (Å²) in [5.41, 5.74) is 8.85. The Kier molecular flexibility index (Phi) is 4.12. The van der Waals surface area contributed by atoms with Crippen LogP contribution in [0.5, 0.6) is 0 Å². The van der Waals surface area contributed by atoms with Crippen molar-refractivity contribution >= 4 is 5.82 Å². The van der Waals surface area contributed by atoms with Crippen LogP contribution < -0.4 is 5.73 Å². The monoisotopic (exact) mass is 257 g/mol. The molecule has 0 bridgehead atoms. The van der Waals surface area contributed by atoms with E-state index in [0.717, 1.165) is 22.6 Å². The van der Waals surface area contributed by atoms with E-state index in [1.807, 2.05) is 44.2 Å². The number of nitrogens with two attached hydrogens (primary N) is 1. The van der Waals surface area contributed by atoms with E-state index in [9.17, 15) is 0 Å². The number of rotatable bonds is 4. The Morgan fingerprint density at radius 1 is 1.21 bits per heavy atom. The lowest BCUT2D eigenvalue weighted by Crippen LogP contribution is -2.13. The van der Waals surface area contributed by atoms with Crippen molar-refractivity contribution in [1.82, 2.24) is 9.97 Å². The predicted octanol–water partition coefficient (Wildman–Crippen LogP) is 2.61. The van der Waals surface area contributed by atoms with Crippen LogP contribution in [0.15, 0.2) is 30.3 Å². The second kappa shape index (κ2) is 5.80. The minimum Gasteiger partial charge on any atom is -0.383 e. The van der Waals surface area contributed by atoms with Crippen molar-refractivity contribution in [3.05, 3.63) is 41.7 Å². The molecule has 2 rings (SSSR count). The molecule has 0 aliphatic rings. The molecule has 2 aromatic rings. The van der Waals surface area contributed by atoms with E-state index in [4.69, 9.17) is 10.5 Å². The van der Waals surface area contributed by atoms with Gasteiger partial charge in [-0.3, -0.25) is 0 Å². The number of hydrogen-bond acceptors (Lipinski definition) is 4. The molecule has 4 heteroatoms. The molecule has 0 amide bonds. The first-order chi connectivity index (χ1) is 9.11. The van der Waals surface area contributed by atoms with Crippen LogP contribution in [0.1, 0.15) is 18.3 Å². The number of hydrogen-bond donors (Lipinski definition) is 1. The number of ether oxygens (including phenoxy) is 1. The summed E-state index contributed by atoms with van der Waals surface area (Å²) in [4.78, 5) is 8.95. The molecule has 0 aliphatic carbocycles. The summed E-state index contributed by atoms with van der Waals surface area (Å²) < 4.78 is 5.25. The summed E-state index contributed by atoms with van der Waals surface area (Å²) in [7, 11) is 1.68. The van der Waals surface area contributed by atoms with Gasteiger partial charge in [0.2, 0.25) is 0 Å². The summed E-state index contributed by atoms with van der Waals surface area (Å²) in [5.74, 6) is 1.25. The highest BCUT2D eigenvalue weighted by atomic mass is 16.5. The number of methoxy groups -OCH3 is 1. The number of nitrogen functional groups attached to an aromatic ring is 1. The fourth-order valence-corrected chi connectivity index (χ4v) is 1.89. The Labute approximate surface area is 113 Å². The van der Waals surface area contributed by atoms with Crippen LogP contribution >= 0.6 is 0 Å². The fraction of sp³-hybridized carbons (Fsp3) is 0.333. The van der Waals surface area contributed by atoms with Crippen LogP contribution in [0.2, 0.25) is 0 Å². The van der Waals surface area contributed by atoms with E-state index in [-0.39, 0.29) is 6.10 Å². The van der Waals surface area contributed by atoms with Crippen LogP contribution in [0, 0.1) is 6.92 Å². The quantitative estimate of drug-likeness (QED) is 0.914. The van der Waals surface area contributed by atoms with Gasteiger partial charge in [-0.2, -0.15) is 0 Å². The average Bonchev–Trinajstić information content (AvgIpc) is 2.43. The van der Waals surface area contributed by atoms with Gasteiger partial charge in [0.1, 0.15) is 11.6 Å². The molecular formula is C15H19N3O. The maximum absolute atomic E-state index is 5.98. The third-order valence-electron chi connectivity index (χ3n) is 3.15. The third kappa shape index (κ3) is 3.09. The molecular weight excluding hydrogens is 238 g/mol. The topological polar surface area (TPSA) is 61.0 Å². The summed E-state index contributed by atoms with van der Waals surface area (Å²) in [6.45, 7) is 3.93. The van der Waals surface area contributed by atoms with E-state index >= 15 is 0 Å². The Bertz CT molecular complexity index is 555. The summed E-state index contributed by atoms with van der Waals surface area (Å²) in [6.07, 6.45) is 0.728. The van der Waals surface area contributed by atoms with Crippen LogP contribution in [-0.2, 0) is 11.2 Å². The van der Waals surface area contributed by atoms with Crippen LogP contribution in [-0.4, -0.2) is 23.2 Å². The number of benzene rings is 1. The molecule has 1 aromatic heterocycles. The van der Waals surface area contributed by atoms with Crippen molar-refractivity contribution in [1.29, 1.82) is 0 Å². The van der Waals surface area contributed by atoms with Gasteiger partial charge in [0.05, 0.1) is 11.8 Å². The second-order valence-corrected chi connectivity index (χ2v) is 4.62. The first kappa shape index (κ1) is 13.5. The molecule has 4 nitrogen and oxygen atoms in total. The van der Waals surface area contributed by atoms with Crippen molar-refractivity contribution in [3.63, 3.8) is 0 Å². The van der Waals surface area contributed by atoms with Gasteiger partial charge in [-0.05, 0) is 13.8 Å². The van der Waals surface area contributed by atoms with E-state index in [0.29, 0.717) is 12.2 Å². The lowest BCUT2D eigenvalue weighted by molar-refractivity contribution is 0.117. The Morgan fingerprint density at radius 3 is 2.53 bits per heavy atom. The zero-order valence-corrected chi connectivity index (χ0v) is 11.6. The van der Waals surface area contributed by atoms with E-state index in [1.54, 1.807) is 7.11 Å². The molecule has 1 heterocycles. The molecule has 0 radical (unpaired) electrons. The van der Waals surface area contributed by atoms with Crippen LogP contribution in [0.4, 0.5) is 5.82 Å². The van der Waals surface area contributed by atoms with E-state index in [1.165, 1.54) is 0 Å². The van der Waals surface area contributed by atoms with Crippen molar-refractivity contribution in [2.45, 2.75) is 26.4 Å². The second-order valence-electron chi connectivity index (χ2n) is 4.62. The maximum atomic E-state index is 5.98. The van der Waals surface area contributed by atoms with Crippen molar-refractivity contribution in [2.24, 2.45) is 0 Å². The summed E-state index contributed by atoms with van der Waals surface area (Å²) in [6, 6.07) is 10.0. The molecule has 19 heavy (non-hydrogen) atoms. The number of nitrogens with zero attached hydrogens (tertiary/aromatic N) is 2. The summed E-state index contributed by atoms with van der Waals surface area (Å²) in [5, 5.41) is 0. The minimum absolute atomic E-state index is 0.0747. The largest absolute Gasteiger partial charge is 0.383 e. The molecule has 0 aliphatic heterocycles. The van der Waals surface area contributed by atoms with Crippen LogP contribution in [0.3, 0.4) is 0 Å². The van der Waals surface area contributed by atoms with Crippen molar-refractivity contribution in [3.8, 4) is 11.3 Å². The molecule has 0 saturated heterocycles. The zero-order valence-electron chi connectivity index (χ0n) is 11.6. The number of aromatic nitrogens is 2. The highest BCUT2D eigenvalue weighted by Crippen LogP contribution is 2.24. The SMILES string of the molecule is COC(C)Cc1nc(N)c(C)c(-c2ccccc2)n1. The van der Waals surface area contributed by atoms with Gasteiger partial charge < -0.3 is 10.5 Å². The van der Waals surface area contributed by atoms with Gasteiger partial charge in [-0.15, -0.1) is 0 Å². The summed E-state index contributed by atoms with van der Waals surface area (Å²) >= 11 is 0. The smallest absolute Gasteiger partial charge is 0.134 e. The van der Waals surface area contributed by atoms with Crippen LogP contribution in [0.25, 0.3) is 11.3 Å². The standard InChI is InChI=1S/C15H19N3O/c1-10(19-3)9-13-17-14(11(2)15(16)18-13)12-7-5-4-6-8-12/h4-8,10H,9H2,1-3H3,(H2,16,17,18). The fourth-order valence-electron chi connectivity index (χ4n) is 1.89. The minimum atomic E-state index is 0.0747. The molecule has 2 N–H and O–H groups in total. The first-order valence-electron chi connectivity index (χ1n) is 6.33. The molecule has 1 unspecified atom stereocenters. The van der Waals surface area contributed by atoms with E-state index in [2.05, 4.69) is 9.97 Å². The zero-order chi connectivity index (χ0) is 13.8. The molecule has 100 valence electrons. The molecule has 0 fully saturated rings. The highest BCUT2D eigenvalue weighted by Gasteiger charge is 2.12. The van der Waals surface area contributed by atoms with E-state index < -0.39 is 0 Å². The maximum Gasteiger partial charge on any atom is 0.134 e. The average molecular weight is 257 g/mol. The Morgan fingerprint density at radius 2 is 1.89 bits per heavy atom. The molecule has 1 atom stereocenters. The predicted molar refractivity (Wildman–Crippen MR) is 76.8 cm³/mol. The van der Waals surface area contributed by atoms with Gasteiger partial charge >= 0.3 is 0 Å².